The predicted octanol–water partition coefficient (Wildman–Crippen LogP) is 3.24. The molecule has 2 aromatic carbocycles. The fraction of sp³-hybridized carbons (Fsp3) is 0.118. The molecule has 0 bridgehead atoms. The molecule has 3 amide bonds. The molecule has 1 aliphatic rings. The summed E-state index contributed by atoms with van der Waals surface area (Å²) in [7, 11) is 1.51. The fourth-order valence-electron chi connectivity index (χ4n) is 2.47. The standard InChI is InChI=1S/C17H12Cl2N2O4/c1-25-10-4-2-3-9(5-10)20-15(22)8-21-16(23)11-6-13(18)14(19)7-12(11)17(21)24/h2-7H,8H2,1H3,(H,20,22). The quantitative estimate of drug-likeness (QED) is 0.828. The zero-order valence-electron chi connectivity index (χ0n) is 13.0. The van der Waals surface area contributed by atoms with Crippen LogP contribution in [0.5, 0.6) is 5.75 Å². The molecule has 0 unspecified atom stereocenters. The molecule has 25 heavy (non-hydrogen) atoms. The number of fused-ring (bicyclic) bond motifs is 1. The number of imide groups is 1. The molecule has 0 radical (unpaired) electrons. The Hall–Kier alpha value is -2.57. The smallest absolute Gasteiger partial charge is 0.262 e. The number of nitrogens with one attached hydrogen (secondary N) is 1. The molecule has 1 heterocycles. The highest BCUT2D eigenvalue weighted by molar-refractivity contribution is 6.43. The van der Waals surface area contributed by atoms with E-state index in [0.717, 1.165) is 4.90 Å². The Morgan fingerprint density at radius 3 is 2.24 bits per heavy atom. The molecule has 8 heteroatoms. The lowest BCUT2D eigenvalue weighted by Crippen LogP contribution is -2.37. The second-order valence-electron chi connectivity index (χ2n) is 5.29. The van der Waals surface area contributed by atoms with Crippen molar-refractivity contribution in [2.75, 3.05) is 19.0 Å². The number of ether oxygens (including phenoxy) is 1. The summed E-state index contributed by atoms with van der Waals surface area (Å²) < 4.78 is 5.07. The maximum atomic E-state index is 12.4. The monoisotopic (exact) mass is 378 g/mol. The van der Waals surface area contributed by atoms with Crippen molar-refractivity contribution in [3.8, 4) is 5.75 Å². The van der Waals surface area contributed by atoms with Crippen LogP contribution in [0.3, 0.4) is 0 Å². The van der Waals surface area contributed by atoms with Gasteiger partial charge in [-0.1, -0.05) is 29.3 Å². The minimum absolute atomic E-state index is 0.133. The van der Waals surface area contributed by atoms with Gasteiger partial charge in [0.15, 0.2) is 0 Å². The second kappa shape index (κ2) is 6.74. The molecule has 128 valence electrons. The van der Waals surface area contributed by atoms with Gasteiger partial charge in [0.25, 0.3) is 11.8 Å². The average molecular weight is 379 g/mol. The van der Waals surface area contributed by atoms with Gasteiger partial charge in [0.1, 0.15) is 12.3 Å². The molecule has 0 aromatic heterocycles. The van der Waals surface area contributed by atoms with Crippen LogP contribution >= 0.6 is 23.2 Å². The van der Waals surface area contributed by atoms with Gasteiger partial charge in [-0.05, 0) is 24.3 Å². The minimum atomic E-state index is -0.584. The lowest BCUT2D eigenvalue weighted by molar-refractivity contribution is -0.116. The molecule has 3 rings (SSSR count). The van der Waals surface area contributed by atoms with Gasteiger partial charge in [-0.2, -0.15) is 0 Å². The van der Waals surface area contributed by atoms with E-state index in [-0.39, 0.29) is 21.2 Å². The van der Waals surface area contributed by atoms with Gasteiger partial charge in [-0.15, -0.1) is 0 Å². The third-order valence-corrected chi connectivity index (χ3v) is 4.39. The van der Waals surface area contributed by atoms with Crippen molar-refractivity contribution >= 4 is 46.6 Å². The number of carbonyl (C=O) groups excluding carboxylic acids is 3. The highest BCUT2D eigenvalue weighted by atomic mass is 35.5. The van der Waals surface area contributed by atoms with Crippen LogP contribution in [0.15, 0.2) is 36.4 Å². The fourth-order valence-corrected chi connectivity index (χ4v) is 2.80. The third kappa shape index (κ3) is 3.31. The Morgan fingerprint density at radius 1 is 1.08 bits per heavy atom. The molecule has 6 nitrogen and oxygen atoms in total. The van der Waals surface area contributed by atoms with Crippen molar-refractivity contribution in [1.29, 1.82) is 0 Å². The maximum Gasteiger partial charge on any atom is 0.262 e. The first kappa shape index (κ1) is 17.3. The van der Waals surface area contributed by atoms with Crippen LogP contribution in [0.4, 0.5) is 5.69 Å². The van der Waals surface area contributed by atoms with Gasteiger partial charge in [0.2, 0.25) is 5.91 Å². The number of nitrogens with zero attached hydrogens (tertiary/aromatic N) is 1. The van der Waals surface area contributed by atoms with Crippen LogP contribution in [0.1, 0.15) is 20.7 Å². The van der Waals surface area contributed by atoms with E-state index in [2.05, 4.69) is 5.32 Å². The number of carbonyl (C=O) groups is 3. The summed E-state index contributed by atoms with van der Waals surface area (Å²) in [5.41, 5.74) is 0.759. The zero-order chi connectivity index (χ0) is 18.1. The van der Waals surface area contributed by atoms with E-state index < -0.39 is 24.3 Å². The van der Waals surface area contributed by atoms with Gasteiger partial charge in [0.05, 0.1) is 28.3 Å². The van der Waals surface area contributed by atoms with E-state index >= 15 is 0 Å². The average Bonchev–Trinajstić information content (AvgIpc) is 2.80. The van der Waals surface area contributed by atoms with Crippen molar-refractivity contribution in [3.63, 3.8) is 0 Å². The third-order valence-electron chi connectivity index (χ3n) is 3.67. The minimum Gasteiger partial charge on any atom is -0.497 e. The molecule has 2 aromatic rings. The summed E-state index contributed by atoms with van der Waals surface area (Å²) in [6, 6.07) is 9.40. The van der Waals surface area contributed by atoms with Crippen molar-refractivity contribution in [1.82, 2.24) is 4.90 Å². The number of anilines is 1. The van der Waals surface area contributed by atoms with Crippen molar-refractivity contribution in [2.45, 2.75) is 0 Å². The summed E-state index contributed by atoms with van der Waals surface area (Å²) in [5, 5.41) is 2.96. The molecular formula is C17H12Cl2N2O4. The molecule has 1 aliphatic heterocycles. The molecule has 0 fully saturated rings. The van der Waals surface area contributed by atoms with Gasteiger partial charge < -0.3 is 10.1 Å². The maximum absolute atomic E-state index is 12.4. The van der Waals surface area contributed by atoms with E-state index in [9.17, 15) is 14.4 Å². The van der Waals surface area contributed by atoms with E-state index in [4.69, 9.17) is 27.9 Å². The summed E-state index contributed by atoms with van der Waals surface area (Å²) >= 11 is 11.8. The van der Waals surface area contributed by atoms with E-state index in [0.29, 0.717) is 11.4 Å². The molecule has 1 N–H and O–H groups in total. The first-order valence-corrected chi connectivity index (χ1v) is 7.95. The number of halogens is 2. The molecular weight excluding hydrogens is 367 g/mol. The first-order chi connectivity index (χ1) is 11.9. The number of hydrogen-bond acceptors (Lipinski definition) is 4. The van der Waals surface area contributed by atoms with Crippen LogP contribution in [-0.2, 0) is 4.79 Å². The Labute approximate surface area is 153 Å². The Morgan fingerprint density at radius 2 is 1.68 bits per heavy atom. The lowest BCUT2D eigenvalue weighted by atomic mass is 10.1. The number of hydrogen-bond donors (Lipinski definition) is 1. The van der Waals surface area contributed by atoms with Gasteiger partial charge in [0, 0.05) is 11.8 Å². The highest BCUT2D eigenvalue weighted by Crippen LogP contribution is 2.31. The predicted molar refractivity (Wildman–Crippen MR) is 93.5 cm³/mol. The Bertz CT molecular complexity index is 857. The summed E-state index contributed by atoms with van der Waals surface area (Å²) in [4.78, 5) is 37.8. The van der Waals surface area contributed by atoms with E-state index in [1.807, 2.05) is 0 Å². The summed E-state index contributed by atoms with van der Waals surface area (Å²) in [6.07, 6.45) is 0. The Kier molecular flexibility index (Phi) is 4.65. The number of amides is 3. The molecule has 0 saturated carbocycles. The summed E-state index contributed by atoms with van der Waals surface area (Å²) in [5.74, 6) is -1.11. The SMILES string of the molecule is COc1cccc(NC(=O)CN2C(=O)c3cc(Cl)c(Cl)cc3C2=O)c1. The molecule has 0 atom stereocenters. The van der Waals surface area contributed by atoms with Crippen LogP contribution in [0, 0.1) is 0 Å². The number of rotatable bonds is 4. The normalized spacial score (nSPS) is 13.0. The largest absolute Gasteiger partial charge is 0.497 e. The number of methoxy groups -OCH3 is 1. The van der Waals surface area contributed by atoms with Crippen LogP contribution < -0.4 is 10.1 Å². The topological polar surface area (TPSA) is 75.7 Å². The van der Waals surface area contributed by atoms with E-state index in [1.54, 1.807) is 24.3 Å². The van der Waals surface area contributed by atoms with Crippen molar-refractivity contribution in [2.24, 2.45) is 0 Å². The highest BCUT2D eigenvalue weighted by Gasteiger charge is 2.37. The lowest BCUT2D eigenvalue weighted by Gasteiger charge is -2.14. The van der Waals surface area contributed by atoms with Gasteiger partial charge in [-0.3, -0.25) is 19.3 Å². The molecule has 0 aliphatic carbocycles. The van der Waals surface area contributed by atoms with Crippen LogP contribution in [0.2, 0.25) is 10.0 Å². The second-order valence-corrected chi connectivity index (χ2v) is 6.10. The molecule has 0 saturated heterocycles. The van der Waals surface area contributed by atoms with E-state index in [1.165, 1.54) is 19.2 Å². The van der Waals surface area contributed by atoms with Gasteiger partial charge in [-0.25, -0.2) is 0 Å². The molecule has 0 spiro atoms. The van der Waals surface area contributed by atoms with Crippen molar-refractivity contribution < 1.29 is 19.1 Å². The van der Waals surface area contributed by atoms with Crippen LogP contribution in [0.25, 0.3) is 0 Å². The van der Waals surface area contributed by atoms with Gasteiger partial charge >= 0.3 is 0 Å². The number of benzene rings is 2. The first-order valence-electron chi connectivity index (χ1n) is 7.20. The van der Waals surface area contributed by atoms with Crippen LogP contribution in [-0.4, -0.2) is 36.3 Å². The van der Waals surface area contributed by atoms with Crippen molar-refractivity contribution in [3.05, 3.63) is 57.6 Å². The Balaban J connectivity index is 1.76. The summed E-state index contributed by atoms with van der Waals surface area (Å²) in [6.45, 7) is -0.418. The zero-order valence-corrected chi connectivity index (χ0v) is 14.5.